The SMILES string of the molecule is CCC1CN(c2ccc(OC)nc2C(F)(F)F)CCC1C#N. The molecule has 0 aliphatic carbocycles. The number of aromatic nitrogens is 1. The van der Waals surface area contributed by atoms with Crippen LogP contribution in [-0.2, 0) is 6.18 Å². The van der Waals surface area contributed by atoms with E-state index in [2.05, 4.69) is 11.1 Å². The first-order valence-electron chi connectivity index (χ1n) is 7.17. The lowest BCUT2D eigenvalue weighted by molar-refractivity contribution is -0.140. The van der Waals surface area contributed by atoms with Crippen molar-refractivity contribution in [3.8, 4) is 11.9 Å². The van der Waals surface area contributed by atoms with Crippen molar-refractivity contribution in [3.63, 3.8) is 0 Å². The Hall–Kier alpha value is -1.97. The maximum absolute atomic E-state index is 13.2. The van der Waals surface area contributed by atoms with Crippen LogP contribution in [0.3, 0.4) is 0 Å². The number of hydrogen-bond donors (Lipinski definition) is 0. The molecule has 0 N–H and O–H groups in total. The largest absolute Gasteiger partial charge is 0.481 e. The first kappa shape index (κ1) is 16.4. The van der Waals surface area contributed by atoms with Crippen LogP contribution in [0.2, 0.25) is 0 Å². The molecule has 0 bridgehead atoms. The predicted molar refractivity (Wildman–Crippen MR) is 75.5 cm³/mol. The molecule has 0 amide bonds. The Kier molecular flexibility index (Phi) is 4.79. The highest BCUT2D eigenvalue weighted by Crippen LogP contribution is 2.38. The minimum atomic E-state index is -4.54. The van der Waals surface area contributed by atoms with Crippen molar-refractivity contribution >= 4 is 5.69 Å². The maximum Gasteiger partial charge on any atom is 0.435 e. The van der Waals surface area contributed by atoms with Crippen LogP contribution in [0.15, 0.2) is 12.1 Å². The second kappa shape index (κ2) is 6.42. The zero-order valence-electron chi connectivity index (χ0n) is 12.5. The van der Waals surface area contributed by atoms with Gasteiger partial charge in [-0.3, -0.25) is 0 Å². The van der Waals surface area contributed by atoms with Crippen molar-refractivity contribution in [3.05, 3.63) is 17.8 Å². The van der Waals surface area contributed by atoms with Crippen LogP contribution in [0.4, 0.5) is 18.9 Å². The molecule has 1 aliphatic heterocycles. The van der Waals surface area contributed by atoms with E-state index in [9.17, 15) is 13.2 Å². The van der Waals surface area contributed by atoms with Crippen LogP contribution < -0.4 is 9.64 Å². The molecule has 2 unspecified atom stereocenters. The summed E-state index contributed by atoms with van der Waals surface area (Å²) in [6.07, 6.45) is -3.21. The summed E-state index contributed by atoms with van der Waals surface area (Å²) >= 11 is 0. The van der Waals surface area contributed by atoms with Crippen LogP contribution in [0.5, 0.6) is 5.88 Å². The van der Waals surface area contributed by atoms with Gasteiger partial charge in [0.15, 0.2) is 5.69 Å². The summed E-state index contributed by atoms with van der Waals surface area (Å²) < 4.78 is 44.5. The number of piperidine rings is 1. The van der Waals surface area contributed by atoms with Gasteiger partial charge in [0.25, 0.3) is 0 Å². The molecular weight excluding hydrogens is 295 g/mol. The summed E-state index contributed by atoms with van der Waals surface area (Å²) in [6, 6.07) is 5.08. The van der Waals surface area contributed by atoms with Crippen molar-refractivity contribution < 1.29 is 17.9 Å². The Balaban J connectivity index is 2.35. The van der Waals surface area contributed by atoms with E-state index in [1.165, 1.54) is 19.2 Å². The highest BCUT2D eigenvalue weighted by Gasteiger charge is 2.39. The van der Waals surface area contributed by atoms with Crippen molar-refractivity contribution in [2.24, 2.45) is 11.8 Å². The average Bonchev–Trinajstić information content (AvgIpc) is 2.52. The van der Waals surface area contributed by atoms with E-state index in [-0.39, 0.29) is 23.4 Å². The summed E-state index contributed by atoms with van der Waals surface area (Å²) in [4.78, 5) is 5.25. The van der Waals surface area contributed by atoms with E-state index in [1.54, 1.807) is 4.90 Å². The molecule has 1 aromatic heterocycles. The number of rotatable bonds is 3. The molecule has 0 saturated carbocycles. The molecule has 1 fully saturated rings. The fourth-order valence-electron chi connectivity index (χ4n) is 2.85. The number of alkyl halides is 3. The second-order valence-corrected chi connectivity index (χ2v) is 5.36. The third-order valence-electron chi connectivity index (χ3n) is 4.09. The van der Waals surface area contributed by atoms with E-state index in [0.29, 0.717) is 19.5 Å². The number of halogens is 3. The number of methoxy groups -OCH3 is 1. The number of nitriles is 1. The Morgan fingerprint density at radius 1 is 1.45 bits per heavy atom. The van der Waals surface area contributed by atoms with Gasteiger partial charge in [-0.15, -0.1) is 0 Å². The summed E-state index contributed by atoms with van der Waals surface area (Å²) in [7, 11) is 1.29. The molecule has 2 atom stereocenters. The van der Waals surface area contributed by atoms with Crippen molar-refractivity contribution in [2.75, 3.05) is 25.1 Å². The standard InChI is InChI=1S/C15H18F3N3O/c1-3-10-9-21(7-6-11(10)8-19)12-4-5-13(22-2)20-14(12)15(16,17)18/h4-5,10-11H,3,6-7,9H2,1-2H3. The lowest BCUT2D eigenvalue weighted by Gasteiger charge is -2.37. The van der Waals surface area contributed by atoms with E-state index in [4.69, 9.17) is 10.00 Å². The van der Waals surface area contributed by atoms with Gasteiger partial charge in [-0.2, -0.15) is 18.4 Å². The fourth-order valence-corrected chi connectivity index (χ4v) is 2.85. The number of ether oxygens (including phenoxy) is 1. The molecular formula is C15H18F3N3O. The topological polar surface area (TPSA) is 49.1 Å². The van der Waals surface area contributed by atoms with Gasteiger partial charge in [0.1, 0.15) is 0 Å². The minimum Gasteiger partial charge on any atom is -0.481 e. The quantitative estimate of drug-likeness (QED) is 0.857. The molecule has 0 aromatic carbocycles. The van der Waals surface area contributed by atoms with Crippen LogP contribution in [0.25, 0.3) is 0 Å². The zero-order chi connectivity index (χ0) is 16.3. The van der Waals surface area contributed by atoms with Gasteiger partial charge in [-0.25, -0.2) is 4.98 Å². The number of nitrogens with zero attached hydrogens (tertiary/aromatic N) is 3. The van der Waals surface area contributed by atoms with Crippen LogP contribution in [0, 0.1) is 23.2 Å². The number of pyridine rings is 1. The van der Waals surface area contributed by atoms with Gasteiger partial charge >= 0.3 is 6.18 Å². The highest BCUT2D eigenvalue weighted by molar-refractivity contribution is 5.54. The minimum absolute atomic E-state index is 0.0585. The molecule has 0 radical (unpaired) electrons. The lowest BCUT2D eigenvalue weighted by Crippen LogP contribution is -2.41. The maximum atomic E-state index is 13.2. The predicted octanol–water partition coefficient (Wildman–Crippen LogP) is 3.49. The molecule has 1 aliphatic rings. The Labute approximate surface area is 127 Å². The monoisotopic (exact) mass is 313 g/mol. The molecule has 4 nitrogen and oxygen atoms in total. The summed E-state index contributed by atoms with van der Waals surface area (Å²) in [6.45, 7) is 2.81. The van der Waals surface area contributed by atoms with Crippen molar-refractivity contribution in [2.45, 2.75) is 25.9 Å². The fraction of sp³-hybridized carbons (Fsp3) is 0.600. The molecule has 1 saturated heterocycles. The first-order valence-corrected chi connectivity index (χ1v) is 7.17. The molecule has 0 spiro atoms. The normalized spacial score (nSPS) is 22.3. The van der Waals surface area contributed by atoms with Gasteiger partial charge in [0.05, 0.1) is 24.8 Å². The van der Waals surface area contributed by atoms with Crippen molar-refractivity contribution in [1.82, 2.24) is 4.98 Å². The van der Waals surface area contributed by atoms with E-state index < -0.39 is 11.9 Å². The van der Waals surface area contributed by atoms with E-state index >= 15 is 0 Å². The third kappa shape index (κ3) is 3.26. The van der Waals surface area contributed by atoms with Gasteiger partial charge < -0.3 is 9.64 Å². The molecule has 2 heterocycles. The Bertz CT molecular complexity index is 568. The van der Waals surface area contributed by atoms with Crippen LogP contribution in [-0.4, -0.2) is 25.2 Å². The van der Waals surface area contributed by atoms with E-state index in [1.807, 2.05) is 6.92 Å². The molecule has 1 aromatic rings. The first-order chi connectivity index (χ1) is 10.4. The Morgan fingerprint density at radius 3 is 2.73 bits per heavy atom. The summed E-state index contributed by atoms with van der Waals surface area (Å²) in [5.74, 6) is -0.0845. The second-order valence-electron chi connectivity index (χ2n) is 5.36. The Morgan fingerprint density at radius 2 is 2.18 bits per heavy atom. The van der Waals surface area contributed by atoms with Gasteiger partial charge in [0.2, 0.25) is 5.88 Å². The van der Waals surface area contributed by atoms with Gasteiger partial charge in [-0.1, -0.05) is 13.3 Å². The molecule has 2 rings (SSSR count). The smallest absolute Gasteiger partial charge is 0.435 e. The number of anilines is 1. The summed E-state index contributed by atoms with van der Waals surface area (Å²) in [5, 5.41) is 9.12. The molecule has 120 valence electrons. The van der Waals surface area contributed by atoms with Crippen LogP contribution in [0.1, 0.15) is 25.5 Å². The van der Waals surface area contributed by atoms with Crippen molar-refractivity contribution in [1.29, 1.82) is 5.26 Å². The lowest BCUT2D eigenvalue weighted by atomic mass is 9.84. The van der Waals surface area contributed by atoms with Crippen LogP contribution >= 0.6 is 0 Å². The average molecular weight is 313 g/mol. The van der Waals surface area contributed by atoms with E-state index in [0.717, 1.165) is 6.42 Å². The summed E-state index contributed by atoms with van der Waals surface area (Å²) in [5.41, 5.74) is -0.875. The van der Waals surface area contributed by atoms with Gasteiger partial charge in [0, 0.05) is 19.2 Å². The molecule has 7 heteroatoms. The zero-order valence-corrected chi connectivity index (χ0v) is 12.5. The van der Waals surface area contributed by atoms with Gasteiger partial charge in [-0.05, 0) is 18.4 Å². The number of hydrogen-bond acceptors (Lipinski definition) is 4. The third-order valence-corrected chi connectivity index (χ3v) is 4.09. The molecule has 22 heavy (non-hydrogen) atoms. The highest BCUT2D eigenvalue weighted by atomic mass is 19.4.